The maximum absolute atomic E-state index is 11.7. The van der Waals surface area contributed by atoms with E-state index >= 15 is 0 Å². The molecule has 0 aliphatic rings. The minimum atomic E-state index is -0.785. The first-order valence-corrected chi connectivity index (χ1v) is 7.33. The zero-order valence-corrected chi connectivity index (χ0v) is 12.1. The van der Waals surface area contributed by atoms with Gasteiger partial charge in [-0.3, -0.25) is 4.79 Å². The molecule has 0 unspecified atom stereocenters. The van der Waals surface area contributed by atoms with Gasteiger partial charge in [-0.2, -0.15) is 0 Å². The average Bonchev–Trinajstić information content (AvgIpc) is 2.83. The van der Waals surface area contributed by atoms with Gasteiger partial charge in [0.05, 0.1) is 22.7 Å². The van der Waals surface area contributed by atoms with Crippen molar-refractivity contribution < 1.29 is 9.90 Å². The third-order valence-electron chi connectivity index (χ3n) is 3.17. The molecule has 0 spiro atoms. The standard InChI is InChI=1S/C13H22N2O2S/c1-4-12-15-10(8-18-12)7-11(16)14-9-13(17,5-2)6-3/h8,17H,4-7,9H2,1-3H3,(H,14,16). The third-order valence-corrected chi connectivity index (χ3v) is 4.22. The van der Waals surface area contributed by atoms with E-state index in [1.807, 2.05) is 26.2 Å². The van der Waals surface area contributed by atoms with Crippen molar-refractivity contribution in [2.75, 3.05) is 6.54 Å². The Kier molecular flexibility index (Phi) is 5.75. The van der Waals surface area contributed by atoms with Crippen molar-refractivity contribution in [1.29, 1.82) is 0 Å². The van der Waals surface area contributed by atoms with Gasteiger partial charge in [-0.25, -0.2) is 4.98 Å². The monoisotopic (exact) mass is 270 g/mol. The highest BCUT2D eigenvalue weighted by molar-refractivity contribution is 7.09. The Bertz CT molecular complexity index is 386. The first-order valence-electron chi connectivity index (χ1n) is 6.45. The van der Waals surface area contributed by atoms with E-state index in [-0.39, 0.29) is 5.91 Å². The van der Waals surface area contributed by atoms with Gasteiger partial charge in [0.2, 0.25) is 5.91 Å². The van der Waals surface area contributed by atoms with Gasteiger partial charge in [-0.15, -0.1) is 11.3 Å². The van der Waals surface area contributed by atoms with Crippen molar-refractivity contribution in [3.05, 3.63) is 16.1 Å². The average molecular weight is 270 g/mol. The Balaban J connectivity index is 2.42. The second kappa shape index (κ2) is 6.85. The lowest BCUT2D eigenvalue weighted by Crippen LogP contribution is -2.42. The molecule has 1 aromatic heterocycles. The van der Waals surface area contributed by atoms with E-state index in [1.165, 1.54) is 0 Å². The van der Waals surface area contributed by atoms with Crippen LogP contribution in [-0.2, 0) is 17.6 Å². The summed E-state index contributed by atoms with van der Waals surface area (Å²) in [7, 11) is 0. The van der Waals surface area contributed by atoms with Crippen LogP contribution in [0.1, 0.15) is 44.3 Å². The Morgan fingerprint density at radius 1 is 1.44 bits per heavy atom. The summed E-state index contributed by atoms with van der Waals surface area (Å²) >= 11 is 1.58. The highest BCUT2D eigenvalue weighted by atomic mass is 32.1. The van der Waals surface area contributed by atoms with Crippen LogP contribution in [0.15, 0.2) is 5.38 Å². The molecule has 5 heteroatoms. The summed E-state index contributed by atoms with van der Waals surface area (Å²) in [4.78, 5) is 16.1. The number of aliphatic hydroxyl groups is 1. The number of thiazole rings is 1. The molecule has 0 atom stereocenters. The molecule has 1 amide bonds. The fraction of sp³-hybridized carbons (Fsp3) is 0.692. The van der Waals surface area contributed by atoms with Crippen molar-refractivity contribution in [3.8, 4) is 0 Å². The number of nitrogens with zero attached hydrogens (tertiary/aromatic N) is 1. The molecule has 0 saturated carbocycles. The van der Waals surface area contributed by atoms with Crippen LogP contribution >= 0.6 is 11.3 Å². The van der Waals surface area contributed by atoms with Gasteiger partial charge in [-0.1, -0.05) is 20.8 Å². The molecule has 0 aromatic carbocycles. The van der Waals surface area contributed by atoms with Crippen LogP contribution in [0.5, 0.6) is 0 Å². The molecule has 1 rings (SSSR count). The van der Waals surface area contributed by atoms with Crippen LogP contribution < -0.4 is 5.32 Å². The van der Waals surface area contributed by atoms with Crippen LogP contribution in [0.3, 0.4) is 0 Å². The summed E-state index contributed by atoms with van der Waals surface area (Å²) < 4.78 is 0. The van der Waals surface area contributed by atoms with E-state index in [2.05, 4.69) is 10.3 Å². The molecule has 1 aromatic rings. The zero-order chi connectivity index (χ0) is 13.6. The van der Waals surface area contributed by atoms with Crippen molar-refractivity contribution in [2.45, 2.75) is 52.1 Å². The second-order valence-electron chi connectivity index (χ2n) is 4.47. The van der Waals surface area contributed by atoms with Gasteiger partial charge in [0.15, 0.2) is 0 Å². The predicted molar refractivity (Wildman–Crippen MR) is 73.7 cm³/mol. The third kappa shape index (κ3) is 4.38. The van der Waals surface area contributed by atoms with Crippen LogP contribution in [0.25, 0.3) is 0 Å². The smallest absolute Gasteiger partial charge is 0.226 e. The van der Waals surface area contributed by atoms with Crippen LogP contribution in [0.2, 0.25) is 0 Å². The van der Waals surface area contributed by atoms with E-state index in [9.17, 15) is 9.90 Å². The fourth-order valence-corrected chi connectivity index (χ4v) is 2.33. The maximum atomic E-state index is 11.7. The van der Waals surface area contributed by atoms with E-state index in [0.717, 1.165) is 17.1 Å². The summed E-state index contributed by atoms with van der Waals surface area (Å²) in [5.74, 6) is -0.0803. The molecule has 4 nitrogen and oxygen atoms in total. The van der Waals surface area contributed by atoms with Gasteiger partial charge in [0.25, 0.3) is 0 Å². The van der Waals surface area contributed by atoms with Gasteiger partial charge >= 0.3 is 0 Å². The van der Waals surface area contributed by atoms with Crippen molar-refractivity contribution in [2.24, 2.45) is 0 Å². The topological polar surface area (TPSA) is 62.2 Å². The summed E-state index contributed by atoms with van der Waals surface area (Å²) in [5, 5.41) is 15.8. The molecular formula is C13H22N2O2S. The van der Waals surface area contributed by atoms with Gasteiger partial charge in [0, 0.05) is 11.9 Å². The molecule has 0 aliphatic heterocycles. The molecule has 0 saturated heterocycles. The summed E-state index contributed by atoms with van der Waals surface area (Å²) in [6.45, 7) is 6.20. The summed E-state index contributed by atoms with van der Waals surface area (Å²) in [6, 6.07) is 0. The number of rotatable bonds is 7. The SMILES string of the molecule is CCc1nc(CC(=O)NCC(O)(CC)CC)cs1. The number of aryl methyl sites for hydroxylation is 1. The first-order chi connectivity index (χ1) is 8.53. The number of carbonyl (C=O) groups excluding carboxylic acids is 1. The molecule has 18 heavy (non-hydrogen) atoms. The predicted octanol–water partition coefficient (Wildman–Crippen LogP) is 1.92. The number of nitrogens with one attached hydrogen (secondary N) is 1. The van der Waals surface area contributed by atoms with Crippen LogP contribution in [0, 0.1) is 0 Å². The molecule has 102 valence electrons. The molecule has 1 heterocycles. The van der Waals surface area contributed by atoms with Crippen molar-refractivity contribution >= 4 is 17.2 Å². The normalized spacial score (nSPS) is 11.6. The van der Waals surface area contributed by atoms with Gasteiger partial charge in [-0.05, 0) is 19.3 Å². The number of aromatic nitrogens is 1. The largest absolute Gasteiger partial charge is 0.388 e. The lowest BCUT2D eigenvalue weighted by molar-refractivity contribution is -0.121. The molecule has 0 bridgehead atoms. The lowest BCUT2D eigenvalue weighted by atomic mass is 9.97. The second-order valence-corrected chi connectivity index (χ2v) is 5.41. The fourth-order valence-electron chi connectivity index (χ4n) is 1.58. The van der Waals surface area contributed by atoms with Crippen LogP contribution in [0.4, 0.5) is 0 Å². The minimum Gasteiger partial charge on any atom is -0.388 e. The van der Waals surface area contributed by atoms with E-state index in [1.54, 1.807) is 11.3 Å². The number of carbonyl (C=O) groups is 1. The molecule has 0 fully saturated rings. The summed E-state index contributed by atoms with van der Waals surface area (Å²) in [6.07, 6.45) is 2.47. The van der Waals surface area contributed by atoms with Crippen molar-refractivity contribution in [1.82, 2.24) is 10.3 Å². The van der Waals surface area contributed by atoms with Gasteiger partial charge < -0.3 is 10.4 Å². The van der Waals surface area contributed by atoms with E-state index in [4.69, 9.17) is 0 Å². The highest BCUT2D eigenvalue weighted by Gasteiger charge is 2.22. The van der Waals surface area contributed by atoms with Gasteiger partial charge in [0.1, 0.15) is 0 Å². The quantitative estimate of drug-likeness (QED) is 0.795. The molecule has 0 aliphatic carbocycles. The molecular weight excluding hydrogens is 248 g/mol. The first kappa shape index (κ1) is 15.1. The van der Waals surface area contributed by atoms with E-state index in [0.29, 0.717) is 25.8 Å². The maximum Gasteiger partial charge on any atom is 0.226 e. The number of hydrogen-bond acceptors (Lipinski definition) is 4. The Hall–Kier alpha value is -0.940. The Labute approximate surface area is 112 Å². The summed E-state index contributed by atoms with van der Waals surface area (Å²) in [5.41, 5.74) is 0.0256. The molecule has 0 radical (unpaired) electrons. The Morgan fingerprint density at radius 2 is 2.11 bits per heavy atom. The van der Waals surface area contributed by atoms with Crippen LogP contribution in [-0.4, -0.2) is 28.1 Å². The molecule has 2 N–H and O–H groups in total. The van der Waals surface area contributed by atoms with E-state index < -0.39 is 5.60 Å². The number of amides is 1. The highest BCUT2D eigenvalue weighted by Crippen LogP contribution is 2.13. The Morgan fingerprint density at radius 3 is 2.61 bits per heavy atom. The zero-order valence-electron chi connectivity index (χ0n) is 11.3. The minimum absolute atomic E-state index is 0.0803. The number of hydrogen-bond donors (Lipinski definition) is 2. The lowest BCUT2D eigenvalue weighted by Gasteiger charge is -2.25. The van der Waals surface area contributed by atoms with Crippen molar-refractivity contribution in [3.63, 3.8) is 0 Å².